The van der Waals surface area contributed by atoms with Crippen LogP contribution in [0.25, 0.3) is 10.8 Å². The Labute approximate surface area is 205 Å². The number of benzene rings is 4. The van der Waals surface area contributed by atoms with E-state index in [-0.39, 0.29) is 11.3 Å². The summed E-state index contributed by atoms with van der Waals surface area (Å²) >= 11 is 19.3. The van der Waals surface area contributed by atoms with Gasteiger partial charge in [-0.1, -0.05) is 63.4 Å². The number of rotatable bonds is 4. The van der Waals surface area contributed by atoms with E-state index in [2.05, 4.69) is 37.2 Å². The minimum absolute atomic E-state index is 0.112. The molecule has 1 amide bonds. The minimum Gasteiger partial charge on any atom is -0.506 e. The van der Waals surface area contributed by atoms with Crippen LogP contribution in [-0.2, 0) is 0 Å². The van der Waals surface area contributed by atoms with Crippen LogP contribution < -0.4 is 10.1 Å². The van der Waals surface area contributed by atoms with E-state index in [1.807, 2.05) is 36.4 Å². The number of anilines is 1. The third kappa shape index (κ3) is 4.83. The lowest BCUT2D eigenvalue weighted by Gasteiger charge is -2.13. The van der Waals surface area contributed by atoms with Crippen molar-refractivity contribution in [2.75, 3.05) is 5.32 Å². The summed E-state index contributed by atoms with van der Waals surface area (Å²) in [6.45, 7) is 0. The van der Waals surface area contributed by atoms with Gasteiger partial charge in [0.25, 0.3) is 5.91 Å². The van der Waals surface area contributed by atoms with Crippen molar-refractivity contribution in [1.29, 1.82) is 0 Å². The van der Waals surface area contributed by atoms with Crippen LogP contribution in [0.5, 0.6) is 17.2 Å². The first-order chi connectivity index (χ1) is 14.8. The first-order valence-electron chi connectivity index (χ1n) is 8.97. The van der Waals surface area contributed by atoms with E-state index < -0.39 is 5.91 Å². The van der Waals surface area contributed by atoms with E-state index in [0.717, 1.165) is 10.8 Å². The monoisotopic (exact) mass is 579 g/mol. The van der Waals surface area contributed by atoms with Crippen LogP contribution in [0.15, 0.2) is 75.7 Å². The van der Waals surface area contributed by atoms with Crippen molar-refractivity contribution in [3.8, 4) is 17.2 Å². The molecule has 4 aromatic rings. The maximum atomic E-state index is 12.6. The molecule has 2 N–H and O–H groups in total. The van der Waals surface area contributed by atoms with Crippen molar-refractivity contribution in [2.45, 2.75) is 0 Å². The fourth-order valence-electron chi connectivity index (χ4n) is 2.99. The molecule has 31 heavy (non-hydrogen) atoms. The van der Waals surface area contributed by atoms with Crippen LogP contribution in [0.4, 0.5) is 5.69 Å². The summed E-state index contributed by atoms with van der Waals surface area (Å²) in [7, 11) is 0. The summed E-state index contributed by atoms with van der Waals surface area (Å²) in [4.78, 5) is 12.6. The molecule has 4 nitrogen and oxygen atoms in total. The lowest BCUT2D eigenvalue weighted by Crippen LogP contribution is -2.12. The maximum Gasteiger partial charge on any atom is 0.259 e. The number of hydrogen-bond acceptors (Lipinski definition) is 3. The molecule has 0 bridgehead atoms. The highest BCUT2D eigenvalue weighted by molar-refractivity contribution is 9.11. The Morgan fingerprint density at radius 1 is 0.871 bits per heavy atom. The van der Waals surface area contributed by atoms with E-state index in [1.165, 1.54) is 6.07 Å². The number of phenols is 1. The Bertz CT molecular complexity index is 1330. The number of fused-ring (bicyclic) bond motifs is 1. The smallest absolute Gasteiger partial charge is 0.259 e. The molecule has 0 fully saturated rings. The van der Waals surface area contributed by atoms with Gasteiger partial charge >= 0.3 is 0 Å². The van der Waals surface area contributed by atoms with Gasteiger partial charge in [-0.2, -0.15) is 0 Å². The number of nitrogens with one attached hydrogen (secondary N) is 1. The molecule has 4 aromatic carbocycles. The van der Waals surface area contributed by atoms with E-state index in [1.54, 1.807) is 24.3 Å². The predicted molar refractivity (Wildman–Crippen MR) is 132 cm³/mol. The van der Waals surface area contributed by atoms with Crippen LogP contribution in [-0.4, -0.2) is 11.0 Å². The topological polar surface area (TPSA) is 58.6 Å². The highest BCUT2D eigenvalue weighted by Gasteiger charge is 2.16. The van der Waals surface area contributed by atoms with Gasteiger partial charge in [0.15, 0.2) is 0 Å². The predicted octanol–water partition coefficient (Wildman–Crippen LogP) is 8.42. The Morgan fingerprint density at radius 2 is 1.55 bits per heavy atom. The van der Waals surface area contributed by atoms with Crippen molar-refractivity contribution >= 4 is 77.4 Å². The molecule has 0 aliphatic rings. The molecule has 0 spiro atoms. The number of carbonyl (C=O) groups excluding carboxylic acids is 1. The van der Waals surface area contributed by atoms with Gasteiger partial charge in [0.05, 0.1) is 20.1 Å². The maximum absolute atomic E-state index is 12.6. The molecule has 0 heterocycles. The van der Waals surface area contributed by atoms with Crippen molar-refractivity contribution < 1.29 is 14.6 Å². The van der Waals surface area contributed by atoms with Gasteiger partial charge < -0.3 is 15.2 Å². The molecule has 0 aromatic heterocycles. The Morgan fingerprint density at radius 3 is 2.26 bits per heavy atom. The third-order valence-electron chi connectivity index (χ3n) is 4.48. The quantitative estimate of drug-likeness (QED) is 0.254. The Hall–Kier alpha value is -2.25. The highest BCUT2D eigenvalue weighted by Crippen LogP contribution is 2.37. The zero-order valence-electron chi connectivity index (χ0n) is 15.6. The molecule has 0 atom stereocenters. The van der Waals surface area contributed by atoms with Gasteiger partial charge in [-0.15, -0.1) is 0 Å². The lowest BCUT2D eigenvalue weighted by molar-refractivity contribution is 0.102. The molecule has 0 saturated heterocycles. The molecule has 8 heteroatoms. The van der Waals surface area contributed by atoms with Crippen molar-refractivity contribution in [3.63, 3.8) is 0 Å². The standard InChI is InChI=1S/C23H13Br2Cl2NO3/c24-14-9-16(22(29)17(25)10-14)23(30)28-15-5-6-20(19(27)11-15)31-21-8-13-4-2-1-3-12(13)7-18(21)26/h1-11,29H,(H,28,30). The highest BCUT2D eigenvalue weighted by atomic mass is 79.9. The second-order valence-electron chi connectivity index (χ2n) is 6.61. The summed E-state index contributed by atoms with van der Waals surface area (Å²) in [5.74, 6) is 0.229. The van der Waals surface area contributed by atoms with Gasteiger partial charge in [-0.25, -0.2) is 0 Å². The van der Waals surface area contributed by atoms with Gasteiger partial charge in [-0.3, -0.25) is 4.79 Å². The first kappa shape index (κ1) is 22.0. The van der Waals surface area contributed by atoms with E-state index >= 15 is 0 Å². The normalized spacial score (nSPS) is 10.8. The summed E-state index contributed by atoms with van der Waals surface area (Å²) in [5, 5.41) is 15.6. The zero-order valence-corrected chi connectivity index (χ0v) is 20.3. The van der Waals surface area contributed by atoms with Crippen LogP contribution in [0.3, 0.4) is 0 Å². The molecule has 0 aliphatic carbocycles. The molecular weight excluding hydrogens is 569 g/mol. The third-order valence-corrected chi connectivity index (χ3v) is 6.14. The van der Waals surface area contributed by atoms with E-state index in [9.17, 15) is 9.90 Å². The Balaban J connectivity index is 1.56. The van der Waals surface area contributed by atoms with Crippen LogP contribution in [0.2, 0.25) is 10.0 Å². The SMILES string of the molecule is O=C(Nc1ccc(Oc2cc3ccccc3cc2Cl)c(Cl)c1)c1cc(Br)cc(Br)c1O. The van der Waals surface area contributed by atoms with Crippen LogP contribution in [0.1, 0.15) is 10.4 Å². The second-order valence-corrected chi connectivity index (χ2v) is 9.20. The van der Waals surface area contributed by atoms with E-state index in [4.69, 9.17) is 27.9 Å². The van der Waals surface area contributed by atoms with Gasteiger partial charge in [0.1, 0.15) is 17.2 Å². The number of aromatic hydroxyl groups is 1. The average Bonchev–Trinajstić information content (AvgIpc) is 2.73. The minimum atomic E-state index is -0.484. The zero-order chi connectivity index (χ0) is 22.1. The van der Waals surface area contributed by atoms with Crippen molar-refractivity contribution in [2.24, 2.45) is 0 Å². The summed E-state index contributed by atoms with van der Waals surface area (Å²) in [6, 6.07) is 19.5. The number of phenolic OH excluding ortho intramolecular Hbond substituents is 1. The molecule has 0 aliphatic heterocycles. The molecule has 0 unspecified atom stereocenters. The fraction of sp³-hybridized carbons (Fsp3) is 0. The van der Waals surface area contributed by atoms with Crippen molar-refractivity contribution in [3.05, 3.63) is 91.3 Å². The number of halogens is 4. The van der Waals surface area contributed by atoms with Crippen molar-refractivity contribution in [1.82, 2.24) is 0 Å². The molecule has 0 saturated carbocycles. The lowest BCUT2D eigenvalue weighted by atomic mass is 10.1. The van der Waals surface area contributed by atoms with E-state index in [0.29, 0.717) is 36.2 Å². The molecule has 156 valence electrons. The number of carbonyl (C=O) groups is 1. The number of hydrogen-bond donors (Lipinski definition) is 2. The summed E-state index contributed by atoms with van der Waals surface area (Å²) < 4.78 is 6.97. The number of amides is 1. The number of ether oxygens (including phenoxy) is 1. The second kappa shape index (κ2) is 9.09. The average molecular weight is 582 g/mol. The van der Waals surface area contributed by atoms with Gasteiger partial charge in [0, 0.05) is 10.2 Å². The first-order valence-corrected chi connectivity index (χ1v) is 11.3. The van der Waals surface area contributed by atoms with Gasteiger partial charge in [-0.05, 0) is 69.2 Å². The Kier molecular flexibility index (Phi) is 6.44. The molecular formula is C23H13Br2Cl2NO3. The van der Waals surface area contributed by atoms with Crippen LogP contribution in [0, 0.1) is 0 Å². The molecule has 0 radical (unpaired) electrons. The summed E-state index contributed by atoms with van der Waals surface area (Å²) in [5.41, 5.74) is 0.558. The fourth-order valence-corrected chi connectivity index (χ4v) is 4.64. The van der Waals surface area contributed by atoms with Crippen LogP contribution >= 0.6 is 55.1 Å². The molecule has 4 rings (SSSR count). The largest absolute Gasteiger partial charge is 0.506 e. The van der Waals surface area contributed by atoms with Gasteiger partial charge in [0.2, 0.25) is 0 Å². The summed E-state index contributed by atoms with van der Waals surface area (Å²) in [6.07, 6.45) is 0.